The van der Waals surface area contributed by atoms with Crippen LogP contribution in [0.5, 0.6) is 11.5 Å². The molecule has 0 heterocycles. The Morgan fingerprint density at radius 2 is 1.61 bits per heavy atom. The van der Waals surface area contributed by atoms with Gasteiger partial charge in [0.05, 0.1) is 18.9 Å². The summed E-state index contributed by atoms with van der Waals surface area (Å²) in [5, 5.41) is 3.45. The number of para-hydroxylation sites is 2. The highest BCUT2D eigenvalue weighted by Gasteiger charge is 2.03. The van der Waals surface area contributed by atoms with E-state index in [2.05, 4.69) is 37.4 Å². The summed E-state index contributed by atoms with van der Waals surface area (Å²) in [6.07, 6.45) is 3.24. The molecule has 0 atom stereocenters. The molecule has 124 valence electrons. The number of anilines is 1. The van der Waals surface area contributed by atoms with Gasteiger partial charge < -0.3 is 14.8 Å². The van der Waals surface area contributed by atoms with Crippen LogP contribution in [0.4, 0.5) is 5.69 Å². The Kier molecular flexibility index (Phi) is 7.31. The highest BCUT2D eigenvalue weighted by Crippen LogP contribution is 2.25. The largest absolute Gasteiger partial charge is 0.494 e. The molecule has 3 nitrogen and oxygen atoms in total. The standard InChI is InChI=1S/C20H27NO2/c1-3-5-15-23-20-9-7-6-8-19(20)21-16-17-10-12-18(13-11-17)22-14-4-2/h6-13,21H,3-5,14-16H2,1-2H3. The van der Waals surface area contributed by atoms with E-state index in [1.165, 1.54) is 5.56 Å². The molecule has 2 aromatic rings. The summed E-state index contributed by atoms with van der Waals surface area (Å²) in [7, 11) is 0. The zero-order valence-corrected chi connectivity index (χ0v) is 14.2. The fourth-order valence-electron chi connectivity index (χ4n) is 2.19. The van der Waals surface area contributed by atoms with Crippen molar-refractivity contribution < 1.29 is 9.47 Å². The van der Waals surface area contributed by atoms with E-state index in [0.717, 1.165) is 56.2 Å². The second-order valence-electron chi connectivity index (χ2n) is 5.54. The van der Waals surface area contributed by atoms with E-state index in [-0.39, 0.29) is 0 Å². The van der Waals surface area contributed by atoms with Gasteiger partial charge in [-0.3, -0.25) is 0 Å². The first-order chi connectivity index (χ1) is 11.3. The molecule has 0 amide bonds. The third kappa shape index (κ3) is 5.85. The summed E-state index contributed by atoms with van der Waals surface area (Å²) in [6, 6.07) is 16.3. The maximum atomic E-state index is 5.85. The minimum Gasteiger partial charge on any atom is -0.494 e. The van der Waals surface area contributed by atoms with Crippen LogP contribution in [0.25, 0.3) is 0 Å². The average molecular weight is 313 g/mol. The lowest BCUT2D eigenvalue weighted by atomic mass is 10.2. The number of nitrogens with one attached hydrogen (secondary N) is 1. The minimum absolute atomic E-state index is 0.763. The SMILES string of the molecule is CCCCOc1ccccc1NCc1ccc(OCCC)cc1. The monoisotopic (exact) mass is 313 g/mol. The van der Waals surface area contributed by atoms with Crippen molar-refractivity contribution in [3.8, 4) is 11.5 Å². The van der Waals surface area contributed by atoms with E-state index in [1.54, 1.807) is 0 Å². The van der Waals surface area contributed by atoms with Crippen molar-refractivity contribution >= 4 is 5.69 Å². The van der Waals surface area contributed by atoms with Crippen LogP contribution in [0.1, 0.15) is 38.7 Å². The number of hydrogen-bond acceptors (Lipinski definition) is 3. The fraction of sp³-hybridized carbons (Fsp3) is 0.400. The van der Waals surface area contributed by atoms with Gasteiger partial charge in [-0.05, 0) is 42.7 Å². The molecule has 0 unspecified atom stereocenters. The molecule has 2 rings (SSSR count). The van der Waals surface area contributed by atoms with Crippen LogP contribution in [0.3, 0.4) is 0 Å². The van der Waals surface area contributed by atoms with Crippen molar-refractivity contribution in [1.82, 2.24) is 0 Å². The van der Waals surface area contributed by atoms with Crippen LogP contribution < -0.4 is 14.8 Å². The third-order valence-electron chi connectivity index (χ3n) is 3.52. The summed E-state index contributed by atoms with van der Waals surface area (Å²) in [5.74, 6) is 1.85. The van der Waals surface area contributed by atoms with Gasteiger partial charge in [-0.25, -0.2) is 0 Å². The summed E-state index contributed by atoms with van der Waals surface area (Å²) >= 11 is 0. The second-order valence-corrected chi connectivity index (χ2v) is 5.54. The molecule has 2 aromatic carbocycles. The summed E-state index contributed by atoms with van der Waals surface area (Å²) in [5.41, 5.74) is 2.26. The van der Waals surface area contributed by atoms with Gasteiger partial charge in [-0.2, -0.15) is 0 Å². The van der Waals surface area contributed by atoms with Gasteiger partial charge in [0, 0.05) is 6.54 Å². The molecule has 23 heavy (non-hydrogen) atoms. The molecule has 0 aromatic heterocycles. The van der Waals surface area contributed by atoms with Gasteiger partial charge in [-0.1, -0.05) is 44.5 Å². The average Bonchev–Trinajstić information content (AvgIpc) is 2.60. The number of hydrogen-bond donors (Lipinski definition) is 1. The summed E-state index contributed by atoms with van der Waals surface area (Å²) < 4.78 is 11.5. The molecule has 0 fully saturated rings. The van der Waals surface area contributed by atoms with E-state index < -0.39 is 0 Å². The Labute approximate surface area is 139 Å². The lowest BCUT2D eigenvalue weighted by Crippen LogP contribution is -2.04. The Balaban J connectivity index is 1.90. The van der Waals surface area contributed by atoms with E-state index in [4.69, 9.17) is 9.47 Å². The topological polar surface area (TPSA) is 30.5 Å². The number of benzene rings is 2. The Morgan fingerprint density at radius 3 is 2.35 bits per heavy atom. The minimum atomic E-state index is 0.763. The summed E-state index contributed by atoms with van der Waals surface area (Å²) in [6.45, 7) is 6.57. The molecule has 3 heteroatoms. The van der Waals surface area contributed by atoms with Gasteiger partial charge in [0.25, 0.3) is 0 Å². The molecule has 1 N–H and O–H groups in total. The van der Waals surface area contributed by atoms with E-state index in [9.17, 15) is 0 Å². The van der Waals surface area contributed by atoms with Gasteiger partial charge >= 0.3 is 0 Å². The number of rotatable bonds is 10. The summed E-state index contributed by atoms with van der Waals surface area (Å²) in [4.78, 5) is 0. The molecule has 0 bridgehead atoms. The molecular weight excluding hydrogens is 286 g/mol. The lowest BCUT2D eigenvalue weighted by molar-refractivity contribution is 0.310. The first-order valence-electron chi connectivity index (χ1n) is 8.51. The predicted octanol–water partition coefficient (Wildman–Crippen LogP) is 5.27. The smallest absolute Gasteiger partial charge is 0.142 e. The van der Waals surface area contributed by atoms with Crippen molar-refractivity contribution in [2.45, 2.75) is 39.7 Å². The zero-order valence-electron chi connectivity index (χ0n) is 14.2. The van der Waals surface area contributed by atoms with Crippen molar-refractivity contribution in [3.63, 3.8) is 0 Å². The normalized spacial score (nSPS) is 10.3. The van der Waals surface area contributed by atoms with E-state index in [1.807, 2.05) is 30.3 Å². The predicted molar refractivity (Wildman–Crippen MR) is 96.4 cm³/mol. The van der Waals surface area contributed by atoms with Crippen LogP contribution >= 0.6 is 0 Å². The van der Waals surface area contributed by atoms with Crippen molar-refractivity contribution in [2.24, 2.45) is 0 Å². The van der Waals surface area contributed by atoms with Crippen molar-refractivity contribution in [1.29, 1.82) is 0 Å². The van der Waals surface area contributed by atoms with Crippen molar-refractivity contribution in [2.75, 3.05) is 18.5 Å². The Morgan fingerprint density at radius 1 is 0.826 bits per heavy atom. The van der Waals surface area contributed by atoms with Crippen LogP contribution in [0.2, 0.25) is 0 Å². The fourth-order valence-corrected chi connectivity index (χ4v) is 2.19. The van der Waals surface area contributed by atoms with E-state index >= 15 is 0 Å². The van der Waals surface area contributed by atoms with Gasteiger partial charge in [0.15, 0.2) is 0 Å². The highest BCUT2D eigenvalue weighted by molar-refractivity contribution is 5.56. The van der Waals surface area contributed by atoms with Crippen molar-refractivity contribution in [3.05, 3.63) is 54.1 Å². The van der Waals surface area contributed by atoms with Crippen LogP contribution in [-0.4, -0.2) is 13.2 Å². The molecule has 0 aliphatic rings. The maximum Gasteiger partial charge on any atom is 0.142 e. The second kappa shape index (κ2) is 9.78. The highest BCUT2D eigenvalue weighted by atomic mass is 16.5. The zero-order chi connectivity index (χ0) is 16.3. The molecule has 0 aliphatic heterocycles. The van der Waals surface area contributed by atoms with E-state index in [0.29, 0.717) is 0 Å². The van der Waals surface area contributed by atoms with Crippen LogP contribution in [0.15, 0.2) is 48.5 Å². The molecular formula is C20H27NO2. The quantitative estimate of drug-likeness (QED) is 0.606. The first kappa shape index (κ1) is 17.2. The van der Waals surface area contributed by atoms with Gasteiger partial charge in [0.2, 0.25) is 0 Å². The number of ether oxygens (including phenoxy) is 2. The lowest BCUT2D eigenvalue weighted by Gasteiger charge is -2.13. The van der Waals surface area contributed by atoms with Gasteiger partial charge in [0.1, 0.15) is 11.5 Å². The van der Waals surface area contributed by atoms with Gasteiger partial charge in [-0.15, -0.1) is 0 Å². The molecule has 0 saturated carbocycles. The van der Waals surface area contributed by atoms with Crippen LogP contribution in [0, 0.1) is 0 Å². The maximum absolute atomic E-state index is 5.85. The Bertz CT molecular complexity index is 566. The first-order valence-corrected chi connectivity index (χ1v) is 8.51. The Hall–Kier alpha value is -2.16. The number of unbranched alkanes of at least 4 members (excludes halogenated alkanes) is 1. The molecule has 0 radical (unpaired) electrons. The molecule has 0 saturated heterocycles. The third-order valence-corrected chi connectivity index (χ3v) is 3.52. The molecule has 0 aliphatic carbocycles. The molecule has 0 spiro atoms. The van der Waals surface area contributed by atoms with Crippen LogP contribution in [-0.2, 0) is 6.54 Å².